The van der Waals surface area contributed by atoms with Crippen LogP contribution in [0.1, 0.15) is 0 Å². The van der Waals surface area contributed by atoms with Crippen LogP contribution in [0, 0.1) is 0 Å². The quantitative estimate of drug-likeness (QED) is 0.690. The summed E-state index contributed by atoms with van der Waals surface area (Å²) in [7, 11) is 14.8. The summed E-state index contributed by atoms with van der Waals surface area (Å²) in [5.74, 6) is 0. The SMILES string of the molecule is C[NH][Sn]([Cl])([Cl])[NH]C. The van der Waals surface area contributed by atoms with E-state index in [0.717, 1.165) is 0 Å². The summed E-state index contributed by atoms with van der Waals surface area (Å²) in [4.78, 5) is 0. The molecule has 0 aliphatic carbocycles. The zero-order valence-electron chi connectivity index (χ0n) is 4.26. The molecule has 44 valence electrons. The molecule has 0 fully saturated rings. The van der Waals surface area contributed by atoms with Crippen LogP contribution in [0.2, 0.25) is 0 Å². The van der Waals surface area contributed by atoms with E-state index in [2.05, 4.69) is 7.08 Å². The zero-order valence-corrected chi connectivity index (χ0v) is 8.62. The minimum absolute atomic E-state index is 1.76. The van der Waals surface area contributed by atoms with Gasteiger partial charge in [0.2, 0.25) is 0 Å². The van der Waals surface area contributed by atoms with Crippen LogP contribution in [0.5, 0.6) is 0 Å². The zero-order chi connectivity index (χ0) is 5.91. The van der Waals surface area contributed by atoms with Crippen LogP contribution in [-0.2, 0) is 0 Å². The Labute approximate surface area is 55.6 Å². The van der Waals surface area contributed by atoms with Crippen molar-refractivity contribution in [2.75, 3.05) is 14.1 Å². The van der Waals surface area contributed by atoms with Gasteiger partial charge in [0.05, 0.1) is 0 Å². The number of rotatable bonds is 2. The van der Waals surface area contributed by atoms with Crippen LogP contribution in [0.4, 0.5) is 0 Å². The van der Waals surface area contributed by atoms with E-state index in [1.165, 1.54) is 0 Å². The molecule has 0 aliphatic heterocycles. The second-order valence-corrected chi connectivity index (χ2v) is 16.1. The molecule has 0 rings (SSSR count). The Balaban J connectivity index is 3.36. The van der Waals surface area contributed by atoms with E-state index in [9.17, 15) is 0 Å². The topological polar surface area (TPSA) is 24.1 Å². The summed E-state index contributed by atoms with van der Waals surface area (Å²) in [6.07, 6.45) is 0. The molecule has 0 radical (unpaired) electrons. The Morgan fingerprint density at radius 2 is 1.43 bits per heavy atom. The molecule has 0 saturated carbocycles. The van der Waals surface area contributed by atoms with Gasteiger partial charge in [-0.2, -0.15) is 0 Å². The number of hydrogen-bond acceptors (Lipinski definition) is 2. The van der Waals surface area contributed by atoms with Crippen LogP contribution >= 0.6 is 17.8 Å². The van der Waals surface area contributed by atoms with Crippen molar-refractivity contribution in [3.63, 3.8) is 0 Å². The van der Waals surface area contributed by atoms with E-state index in [1.807, 2.05) is 0 Å². The molecule has 0 unspecified atom stereocenters. The molecular weight excluding hydrogens is 242 g/mol. The third-order valence-electron chi connectivity index (χ3n) is 0.628. The van der Waals surface area contributed by atoms with Gasteiger partial charge in [0, 0.05) is 0 Å². The van der Waals surface area contributed by atoms with E-state index in [0.29, 0.717) is 0 Å². The molecule has 0 saturated heterocycles. The fourth-order valence-corrected chi connectivity index (χ4v) is 0.839. The first-order valence-electron chi connectivity index (χ1n) is 1.88. The van der Waals surface area contributed by atoms with Crippen LogP contribution in [-0.4, -0.2) is 30.8 Å². The predicted molar refractivity (Wildman–Crippen MR) is 35.6 cm³/mol. The average molecular weight is 250 g/mol. The first kappa shape index (κ1) is 8.30. The Bertz CT molecular complexity index is 51.7. The predicted octanol–water partition coefficient (Wildman–Crippen LogP) is 0.338. The van der Waals surface area contributed by atoms with Gasteiger partial charge in [-0.05, 0) is 0 Å². The van der Waals surface area contributed by atoms with Gasteiger partial charge in [-0.3, -0.25) is 0 Å². The van der Waals surface area contributed by atoms with Crippen LogP contribution < -0.4 is 7.08 Å². The standard InChI is InChI=1S/2CH4N.2ClH.Sn/c2*1-2;;;/h2*2H,1H3;2*1H;/q2*-1;;;+4/p-2. The molecule has 5 heteroatoms. The van der Waals surface area contributed by atoms with Crippen LogP contribution in [0.15, 0.2) is 0 Å². The number of hydrogen-bond donors (Lipinski definition) is 2. The summed E-state index contributed by atoms with van der Waals surface area (Å²) < 4.78 is 5.64. The Morgan fingerprint density at radius 1 is 1.14 bits per heavy atom. The van der Waals surface area contributed by atoms with Gasteiger partial charge in [0.25, 0.3) is 0 Å². The maximum atomic E-state index is 5.66. The fraction of sp³-hybridized carbons (Fsp3) is 1.00. The van der Waals surface area contributed by atoms with Gasteiger partial charge in [0.1, 0.15) is 0 Å². The third-order valence-corrected chi connectivity index (χ3v) is 9.28. The molecule has 2 nitrogen and oxygen atoms in total. The van der Waals surface area contributed by atoms with Gasteiger partial charge in [0.15, 0.2) is 0 Å². The summed E-state index contributed by atoms with van der Waals surface area (Å²) >= 11 is -2.84. The van der Waals surface area contributed by atoms with Gasteiger partial charge in [-0.25, -0.2) is 0 Å². The molecule has 2 N–H and O–H groups in total. The van der Waals surface area contributed by atoms with E-state index in [1.54, 1.807) is 14.1 Å². The van der Waals surface area contributed by atoms with Crippen molar-refractivity contribution >= 4 is 34.5 Å². The van der Waals surface area contributed by atoms with Gasteiger partial charge in [-0.15, -0.1) is 0 Å². The fourth-order valence-electron chi connectivity index (χ4n) is 0.125. The molecule has 0 bridgehead atoms. The van der Waals surface area contributed by atoms with E-state index < -0.39 is 16.7 Å². The molecule has 0 aliphatic rings. The molecule has 0 atom stereocenters. The summed E-state index contributed by atoms with van der Waals surface area (Å²) in [5, 5.41) is 0. The van der Waals surface area contributed by atoms with Crippen LogP contribution in [0.25, 0.3) is 0 Å². The second-order valence-electron chi connectivity index (χ2n) is 1.07. The van der Waals surface area contributed by atoms with E-state index in [4.69, 9.17) is 17.8 Å². The first-order valence-corrected chi connectivity index (χ1v) is 12.0. The normalized spacial score (nSPS) is 12.0. The van der Waals surface area contributed by atoms with Crippen molar-refractivity contribution in [2.24, 2.45) is 0 Å². The first-order chi connectivity index (χ1) is 3.12. The van der Waals surface area contributed by atoms with Gasteiger partial charge < -0.3 is 0 Å². The maximum absolute atomic E-state index is 5.66. The summed E-state index contributed by atoms with van der Waals surface area (Å²) in [5.41, 5.74) is 0. The van der Waals surface area contributed by atoms with E-state index in [-0.39, 0.29) is 0 Å². The van der Waals surface area contributed by atoms with Crippen molar-refractivity contribution < 1.29 is 0 Å². The van der Waals surface area contributed by atoms with Crippen molar-refractivity contribution in [2.45, 2.75) is 0 Å². The van der Waals surface area contributed by atoms with Gasteiger partial charge >= 0.3 is 55.7 Å². The number of halogens is 2. The second kappa shape index (κ2) is 3.35. The van der Waals surface area contributed by atoms with Crippen molar-refractivity contribution in [1.29, 1.82) is 0 Å². The Hall–Kier alpha value is 1.30. The Morgan fingerprint density at radius 3 is 1.43 bits per heavy atom. The third kappa shape index (κ3) is 3.85. The molecule has 0 aromatic rings. The average Bonchev–Trinajstić information content (AvgIpc) is 1.68. The summed E-state index contributed by atoms with van der Waals surface area (Å²) in [6, 6.07) is 0. The molecular formula is C2H8Cl2N2Sn. The van der Waals surface area contributed by atoms with Crippen molar-refractivity contribution in [1.82, 2.24) is 7.08 Å². The Kier molecular flexibility index (Phi) is 3.97. The molecule has 7 heavy (non-hydrogen) atoms. The molecule has 0 spiro atoms. The summed E-state index contributed by atoms with van der Waals surface area (Å²) in [6.45, 7) is 0. The van der Waals surface area contributed by atoms with Crippen LogP contribution in [0.3, 0.4) is 0 Å². The monoisotopic (exact) mass is 250 g/mol. The number of nitrogens with one attached hydrogen (secondary N) is 2. The van der Waals surface area contributed by atoms with Crippen molar-refractivity contribution in [3.8, 4) is 0 Å². The molecule has 0 aromatic heterocycles. The van der Waals surface area contributed by atoms with Crippen molar-refractivity contribution in [3.05, 3.63) is 0 Å². The van der Waals surface area contributed by atoms with E-state index >= 15 is 0 Å². The molecule has 0 amide bonds. The van der Waals surface area contributed by atoms with Gasteiger partial charge in [-0.1, -0.05) is 0 Å². The molecule has 0 heterocycles. The minimum atomic E-state index is -2.84. The molecule has 0 aromatic carbocycles.